The fraction of sp³-hybridized carbons (Fsp3) is 0.682. The number of alkyl halides is 3. The number of hydrogen-bond donors (Lipinski definition) is 1. The third-order valence-electron chi connectivity index (χ3n) is 7.45. The van der Waals surface area contributed by atoms with Crippen molar-refractivity contribution < 1.29 is 22.7 Å². The molecule has 4 aliphatic carbocycles. The van der Waals surface area contributed by atoms with Crippen molar-refractivity contribution in [1.29, 1.82) is 0 Å². The van der Waals surface area contributed by atoms with Crippen molar-refractivity contribution in [1.82, 2.24) is 5.32 Å². The van der Waals surface area contributed by atoms with Crippen molar-refractivity contribution in [3.05, 3.63) is 29.8 Å². The smallest absolute Gasteiger partial charge is 0.366 e. The van der Waals surface area contributed by atoms with Gasteiger partial charge in [-0.25, -0.2) is 0 Å². The number of morpholine rings is 1. The standard InChI is InChI=1S/C22H27F3N2O2/c23-22(24,25)17-1-3-18(4-2-17)27-5-6-29-19(12-27)21(28)26-20-15-8-13-7-14(10-15)11-16(20)9-13/h1-4,13-16,19-20H,5-12H2,(H,26,28). The van der Waals surface area contributed by atoms with Crippen LogP contribution < -0.4 is 10.2 Å². The highest BCUT2D eigenvalue weighted by atomic mass is 19.4. The summed E-state index contributed by atoms with van der Waals surface area (Å²) >= 11 is 0. The second-order valence-electron chi connectivity index (χ2n) is 9.32. The van der Waals surface area contributed by atoms with Gasteiger partial charge in [-0.1, -0.05) is 0 Å². The first-order chi connectivity index (χ1) is 13.9. The number of benzene rings is 1. The van der Waals surface area contributed by atoms with E-state index in [1.165, 1.54) is 44.2 Å². The van der Waals surface area contributed by atoms with E-state index in [1.54, 1.807) is 0 Å². The Morgan fingerprint density at radius 3 is 2.21 bits per heavy atom. The third kappa shape index (κ3) is 3.74. The minimum Gasteiger partial charge on any atom is -0.366 e. The lowest BCUT2D eigenvalue weighted by molar-refractivity contribution is -0.138. The number of nitrogens with zero attached hydrogens (tertiary/aromatic N) is 1. The van der Waals surface area contributed by atoms with Crippen molar-refractivity contribution in [2.24, 2.45) is 23.7 Å². The van der Waals surface area contributed by atoms with E-state index in [4.69, 9.17) is 4.74 Å². The van der Waals surface area contributed by atoms with Gasteiger partial charge in [0, 0.05) is 18.3 Å². The molecular formula is C22H27F3N2O2. The third-order valence-corrected chi connectivity index (χ3v) is 7.45. The Hall–Kier alpha value is -1.76. The minimum absolute atomic E-state index is 0.0703. The molecule has 7 heteroatoms. The van der Waals surface area contributed by atoms with E-state index in [-0.39, 0.29) is 11.9 Å². The average Bonchev–Trinajstić information content (AvgIpc) is 2.69. The van der Waals surface area contributed by atoms with Crippen molar-refractivity contribution in [3.8, 4) is 0 Å². The zero-order chi connectivity index (χ0) is 20.2. The van der Waals surface area contributed by atoms with Crippen molar-refractivity contribution in [2.45, 2.75) is 50.4 Å². The fourth-order valence-corrected chi connectivity index (χ4v) is 6.32. The average molecular weight is 408 g/mol. The van der Waals surface area contributed by atoms with Gasteiger partial charge in [-0.15, -0.1) is 0 Å². The van der Waals surface area contributed by atoms with Crippen LogP contribution in [0.25, 0.3) is 0 Å². The van der Waals surface area contributed by atoms with Gasteiger partial charge in [-0.2, -0.15) is 13.2 Å². The first-order valence-electron chi connectivity index (χ1n) is 10.7. The summed E-state index contributed by atoms with van der Waals surface area (Å²) in [5.74, 6) is 2.84. The molecule has 29 heavy (non-hydrogen) atoms. The van der Waals surface area contributed by atoms with Crippen molar-refractivity contribution in [2.75, 3.05) is 24.6 Å². The predicted octanol–water partition coefficient (Wildman–Crippen LogP) is 3.85. The lowest BCUT2D eigenvalue weighted by Crippen LogP contribution is -2.59. The summed E-state index contributed by atoms with van der Waals surface area (Å²) in [5.41, 5.74) is 0.0272. The topological polar surface area (TPSA) is 41.6 Å². The Morgan fingerprint density at radius 2 is 1.62 bits per heavy atom. The quantitative estimate of drug-likeness (QED) is 0.826. The van der Waals surface area contributed by atoms with Crippen LogP contribution in [0.4, 0.5) is 18.9 Å². The molecule has 4 nitrogen and oxygen atoms in total. The van der Waals surface area contributed by atoms with Crippen LogP contribution in [0.2, 0.25) is 0 Å². The first kappa shape index (κ1) is 19.2. The second-order valence-corrected chi connectivity index (χ2v) is 9.32. The lowest BCUT2D eigenvalue weighted by atomic mass is 9.54. The van der Waals surface area contributed by atoms with E-state index in [0.717, 1.165) is 24.0 Å². The molecule has 1 atom stereocenters. The highest BCUT2D eigenvalue weighted by Crippen LogP contribution is 2.53. The van der Waals surface area contributed by atoms with Crippen LogP contribution in [0.3, 0.4) is 0 Å². The van der Waals surface area contributed by atoms with Gasteiger partial charge in [0.25, 0.3) is 5.91 Å². The molecule has 0 radical (unpaired) electrons. The monoisotopic (exact) mass is 408 g/mol. The predicted molar refractivity (Wildman–Crippen MR) is 102 cm³/mol. The lowest BCUT2D eigenvalue weighted by Gasteiger charge is -2.54. The molecule has 1 saturated heterocycles. The number of carbonyl (C=O) groups is 1. The van der Waals surface area contributed by atoms with Gasteiger partial charge in [-0.05, 0) is 80.0 Å². The molecule has 158 valence electrons. The van der Waals surface area contributed by atoms with Gasteiger partial charge in [0.15, 0.2) is 6.10 Å². The maximum absolute atomic E-state index is 12.9. The van der Waals surface area contributed by atoms with E-state index in [0.29, 0.717) is 37.2 Å². The molecule has 1 unspecified atom stereocenters. The number of amides is 1. The Balaban J connectivity index is 1.22. The maximum Gasteiger partial charge on any atom is 0.416 e. The van der Waals surface area contributed by atoms with E-state index >= 15 is 0 Å². The zero-order valence-electron chi connectivity index (χ0n) is 16.3. The van der Waals surface area contributed by atoms with Crippen LogP contribution in [-0.4, -0.2) is 37.7 Å². The Labute approximate surface area is 168 Å². The van der Waals surface area contributed by atoms with Crippen LogP contribution in [0, 0.1) is 23.7 Å². The molecule has 0 spiro atoms. The zero-order valence-corrected chi connectivity index (χ0v) is 16.3. The Morgan fingerprint density at radius 1 is 1.00 bits per heavy atom. The SMILES string of the molecule is O=C(NC1C2CC3CC(C2)CC1C3)C1CN(c2ccc(C(F)(F)F)cc2)CCO1. The molecule has 1 N–H and O–H groups in total. The molecule has 1 aromatic rings. The van der Waals surface area contributed by atoms with Gasteiger partial charge >= 0.3 is 6.18 Å². The Bertz CT molecular complexity index is 736. The summed E-state index contributed by atoms with van der Waals surface area (Å²) in [6, 6.07) is 5.39. The van der Waals surface area contributed by atoms with E-state index in [9.17, 15) is 18.0 Å². The molecule has 6 rings (SSSR count). The van der Waals surface area contributed by atoms with Gasteiger partial charge in [-0.3, -0.25) is 4.79 Å². The number of halogens is 3. The van der Waals surface area contributed by atoms with E-state index in [1.807, 2.05) is 4.90 Å². The largest absolute Gasteiger partial charge is 0.416 e. The van der Waals surface area contributed by atoms with Crippen LogP contribution in [0.5, 0.6) is 0 Å². The number of anilines is 1. The van der Waals surface area contributed by atoms with Crippen molar-refractivity contribution in [3.63, 3.8) is 0 Å². The molecule has 1 amide bonds. The molecule has 5 fully saturated rings. The number of nitrogens with one attached hydrogen (secondary N) is 1. The first-order valence-corrected chi connectivity index (χ1v) is 10.7. The summed E-state index contributed by atoms with van der Waals surface area (Å²) in [7, 11) is 0. The highest BCUT2D eigenvalue weighted by Gasteiger charge is 2.49. The summed E-state index contributed by atoms with van der Waals surface area (Å²) in [5, 5.41) is 3.29. The van der Waals surface area contributed by atoms with E-state index in [2.05, 4.69) is 5.32 Å². The number of carbonyl (C=O) groups excluding carboxylic acids is 1. The second kappa shape index (κ2) is 7.18. The molecular weight excluding hydrogens is 381 g/mol. The number of rotatable bonds is 3. The molecule has 4 bridgehead atoms. The summed E-state index contributed by atoms with van der Waals surface area (Å²) in [6.45, 7) is 1.32. The van der Waals surface area contributed by atoms with Crippen molar-refractivity contribution >= 4 is 11.6 Å². The maximum atomic E-state index is 12.9. The van der Waals surface area contributed by atoms with Crippen LogP contribution in [-0.2, 0) is 15.7 Å². The van der Waals surface area contributed by atoms with Crippen LogP contribution >= 0.6 is 0 Å². The van der Waals surface area contributed by atoms with Crippen LogP contribution in [0.15, 0.2) is 24.3 Å². The molecule has 0 aromatic heterocycles. The molecule has 1 heterocycles. The van der Waals surface area contributed by atoms with E-state index < -0.39 is 17.8 Å². The summed E-state index contributed by atoms with van der Waals surface area (Å²) in [6.07, 6.45) is 1.40. The fourth-order valence-electron chi connectivity index (χ4n) is 6.32. The van der Waals surface area contributed by atoms with Gasteiger partial charge < -0.3 is 15.0 Å². The molecule has 5 aliphatic rings. The van der Waals surface area contributed by atoms with Gasteiger partial charge in [0.05, 0.1) is 18.7 Å². The summed E-state index contributed by atoms with van der Waals surface area (Å²) < 4.78 is 44.1. The minimum atomic E-state index is -4.34. The normalized spacial score (nSPS) is 36.3. The molecule has 1 aromatic carbocycles. The molecule has 4 saturated carbocycles. The number of ether oxygens (including phenoxy) is 1. The molecule has 1 aliphatic heterocycles. The Kier molecular flexibility index (Phi) is 4.76. The highest BCUT2D eigenvalue weighted by molar-refractivity contribution is 5.82. The van der Waals surface area contributed by atoms with Crippen LogP contribution in [0.1, 0.15) is 37.7 Å². The number of hydrogen-bond acceptors (Lipinski definition) is 3. The van der Waals surface area contributed by atoms with Gasteiger partial charge in [0.2, 0.25) is 0 Å². The summed E-state index contributed by atoms with van der Waals surface area (Å²) in [4.78, 5) is 14.9. The van der Waals surface area contributed by atoms with Gasteiger partial charge in [0.1, 0.15) is 0 Å².